The Labute approximate surface area is 155 Å². The standard InChI is InChI=1S/C17H22F3N3O3/c1-12(24)21-15(11-26-2)16(25)23-8-6-22(7-9-23)14-5-3-4-13(10-14)17(18,19)20/h3-5,10,15H,6-9,11H2,1-2H3,(H,21,24)/t15-/m0/s1/i1D3,4D. The number of ether oxygens (including phenoxy) is 1. The van der Waals surface area contributed by atoms with Gasteiger partial charge >= 0.3 is 6.18 Å². The number of amides is 2. The van der Waals surface area contributed by atoms with Gasteiger partial charge in [0.15, 0.2) is 0 Å². The highest BCUT2D eigenvalue weighted by atomic mass is 19.4. The van der Waals surface area contributed by atoms with Gasteiger partial charge in [-0.2, -0.15) is 13.2 Å². The Morgan fingerprint density at radius 2 is 2.08 bits per heavy atom. The zero-order chi connectivity index (χ0) is 22.7. The molecule has 1 saturated heterocycles. The molecular formula is C17H22F3N3O3. The average molecular weight is 377 g/mol. The van der Waals surface area contributed by atoms with Gasteiger partial charge < -0.3 is 19.9 Å². The Morgan fingerprint density at radius 1 is 1.38 bits per heavy atom. The van der Waals surface area contributed by atoms with Crippen LogP contribution in [0.3, 0.4) is 0 Å². The van der Waals surface area contributed by atoms with Crippen LogP contribution in [0.1, 0.15) is 17.9 Å². The highest BCUT2D eigenvalue weighted by Gasteiger charge is 2.32. The van der Waals surface area contributed by atoms with Crippen molar-refractivity contribution in [2.24, 2.45) is 0 Å². The monoisotopic (exact) mass is 377 g/mol. The van der Waals surface area contributed by atoms with Crippen molar-refractivity contribution in [1.29, 1.82) is 0 Å². The number of anilines is 1. The van der Waals surface area contributed by atoms with Crippen molar-refractivity contribution in [3.05, 3.63) is 29.8 Å². The van der Waals surface area contributed by atoms with Crippen LogP contribution in [0, 0.1) is 0 Å². The van der Waals surface area contributed by atoms with E-state index in [2.05, 4.69) is 5.32 Å². The first kappa shape index (κ1) is 14.8. The third kappa shape index (κ3) is 5.10. The molecule has 1 aliphatic rings. The molecule has 0 saturated carbocycles. The first-order valence-corrected chi connectivity index (χ1v) is 7.86. The zero-order valence-corrected chi connectivity index (χ0v) is 14.1. The third-order valence-corrected chi connectivity index (χ3v) is 3.98. The van der Waals surface area contributed by atoms with E-state index in [1.54, 1.807) is 4.90 Å². The first-order chi connectivity index (χ1) is 13.8. The van der Waals surface area contributed by atoms with Gasteiger partial charge in [-0.1, -0.05) is 6.07 Å². The highest BCUT2D eigenvalue weighted by Crippen LogP contribution is 2.31. The highest BCUT2D eigenvalue weighted by molar-refractivity contribution is 5.87. The van der Waals surface area contributed by atoms with E-state index in [-0.39, 0.29) is 38.5 Å². The molecule has 0 bridgehead atoms. The lowest BCUT2D eigenvalue weighted by atomic mass is 10.1. The van der Waals surface area contributed by atoms with E-state index in [1.807, 2.05) is 0 Å². The van der Waals surface area contributed by atoms with Gasteiger partial charge in [0.1, 0.15) is 6.04 Å². The third-order valence-electron chi connectivity index (χ3n) is 3.98. The lowest BCUT2D eigenvalue weighted by Gasteiger charge is -2.37. The maximum atomic E-state index is 13.0. The van der Waals surface area contributed by atoms with Crippen LogP contribution >= 0.6 is 0 Å². The molecule has 144 valence electrons. The Balaban J connectivity index is 2.05. The Kier molecular flexibility index (Phi) is 4.79. The second kappa shape index (κ2) is 8.39. The summed E-state index contributed by atoms with van der Waals surface area (Å²) in [4.78, 5) is 27.4. The second-order valence-electron chi connectivity index (χ2n) is 5.75. The molecule has 2 rings (SSSR count). The van der Waals surface area contributed by atoms with E-state index in [0.717, 1.165) is 12.1 Å². The molecule has 26 heavy (non-hydrogen) atoms. The summed E-state index contributed by atoms with van der Waals surface area (Å²) < 4.78 is 72.7. The number of hydrogen-bond acceptors (Lipinski definition) is 4. The number of methoxy groups -OCH3 is 1. The predicted octanol–water partition coefficient (Wildman–Crippen LogP) is 1.51. The van der Waals surface area contributed by atoms with Gasteiger partial charge in [-0.15, -0.1) is 0 Å². The molecule has 1 fully saturated rings. The summed E-state index contributed by atoms with van der Waals surface area (Å²) in [6.45, 7) is -2.36. The Bertz CT molecular complexity index is 782. The summed E-state index contributed by atoms with van der Waals surface area (Å²) in [5, 5.41) is 2.15. The SMILES string of the molecule is [2H]c1ccc(N2CCN(C(=O)[C@H](COC)NC(=O)C([2H])([2H])[2H])CC2)cc1C(F)(F)F. The minimum Gasteiger partial charge on any atom is -0.382 e. The number of nitrogens with one attached hydrogen (secondary N) is 1. The Morgan fingerprint density at radius 3 is 2.65 bits per heavy atom. The summed E-state index contributed by atoms with van der Waals surface area (Å²) in [6, 6.07) is 1.60. The zero-order valence-electron chi connectivity index (χ0n) is 18.1. The van der Waals surface area contributed by atoms with Crippen molar-refractivity contribution in [3.63, 3.8) is 0 Å². The molecule has 1 aliphatic heterocycles. The van der Waals surface area contributed by atoms with E-state index < -0.39 is 42.5 Å². The number of alkyl halides is 3. The molecule has 0 aromatic heterocycles. The lowest BCUT2D eigenvalue weighted by molar-refractivity contribution is -0.137. The van der Waals surface area contributed by atoms with Crippen molar-refractivity contribution >= 4 is 17.5 Å². The van der Waals surface area contributed by atoms with Gasteiger partial charge in [0.2, 0.25) is 11.8 Å². The lowest BCUT2D eigenvalue weighted by Crippen LogP contribution is -2.56. The van der Waals surface area contributed by atoms with Crippen LogP contribution in [0.4, 0.5) is 18.9 Å². The number of carbonyl (C=O) groups excluding carboxylic acids is 2. The molecule has 0 radical (unpaired) electrons. The summed E-state index contributed by atoms with van der Waals surface area (Å²) in [7, 11) is 1.30. The van der Waals surface area contributed by atoms with Crippen LogP contribution in [-0.2, 0) is 20.5 Å². The molecule has 2 amide bonds. The molecule has 0 spiro atoms. The summed E-state index contributed by atoms with van der Waals surface area (Å²) in [5.74, 6) is -1.81. The van der Waals surface area contributed by atoms with E-state index in [1.165, 1.54) is 18.1 Å². The average Bonchev–Trinajstić information content (AvgIpc) is 2.66. The summed E-state index contributed by atoms with van der Waals surface area (Å²) in [6.07, 6.45) is -4.64. The number of rotatable bonds is 5. The second-order valence-corrected chi connectivity index (χ2v) is 5.75. The molecule has 1 atom stereocenters. The minimum atomic E-state index is -4.64. The molecule has 0 aliphatic carbocycles. The fraction of sp³-hybridized carbons (Fsp3) is 0.529. The molecule has 0 unspecified atom stereocenters. The topological polar surface area (TPSA) is 61.9 Å². The normalized spacial score (nSPS) is 19.1. The molecule has 9 heteroatoms. The van der Waals surface area contributed by atoms with Crippen LogP contribution in [-0.4, -0.2) is 62.7 Å². The largest absolute Gasteiger partial charge is 0.416 e. The van der Waals surface area contributed by atoms with Crippen LogP contribution in [0.15, 0.2) is 24.2 Å². The number of halogens is 3. The van der Waals surface area contributed by atoms with Gasteiger partial charge in [-0.25, -0.2) is 0 Å². The van der Waals surface area contributed by atoms with Crippen LogP contribution in [0.25, 0.3) is 0 Å². The Hall–Kier alpha value is -2.29. The molecule has 1 heterocycles. The van der Waals surface area contributed by atoms with E-state index in [9.17, 15) is 22.8 Å². The molecule has 6 nitrogen and oxygen atoms in total. The van der Waals surface area contributed by atoms with Gasteiger partial charge in [0.05, 0.1) is 13.5 Å². The van der Waals surface area contributed by atoms with Crippen molar-refractivity contribution in [2.75, 3.05) is 44.8 Å². The smallest absolute Gasteiger partial charge is 0.382 e. The first-order valence-electron chi connectivity index (χ1n) is 9.86. The number of hydrogen-bond donors (Lipinski definition) is 1. The van der Waals surface area contributed by atoms with Gasteiger partial charge in [-0.05, 0) is 18.2 Å². The van der Waals surface area contributed by atoms with E-state index in [4.69, 9.17) is 10.2 Å². The van der Waals surface area contributed by atoms with E-state index >= 15 is 0 Å². The van der Waals surface area contributed by atoms with Crippen LogP contribution < -0.4 is 10.2 Å². The maximum Gasteiger partial charge on any atom is 0.416 e. The van der Waals surface area contributed by atoms with Gasteiger partial charge in [0.25, 0.3) is 0 Å². The molecule has 1 aromatic carbocycles. The van der Waals surface area contributed by atoms with Crippen LogP contribution in [0.2, 0.25) is 0 Å². The number of benzene rings is 1. The minimum absolute atomic E-state index is 0.159. The number of piperazine rings is 1. The number of carbonyl (C=O) groups is 2. The van der Waals surface area contributed by atoms with Crippen LogP contribution in [0.5, 0.6) is 0 Å². The van der Waals surface area contributed by atoms with Crippen molar-refractivity contribution in [3.8, 4) is 0 Å². The summed E-state index contributed by atoms with van der Waals surface area (Å²) >= 11 is 0. The van der Waals surface area contributed by atoms with Crippen molar-refractivity contribution in [2.45, 2.75) is 19.1 Å². The fourth-order valence-corrected chi connectivity index (χ4v) is 2.72. The van der Waals surface area contributed by atoms with E-state index in [0.29, 0.717) is 0 Å². The van der Waals surface area contributed by atoms with Crippen molar-refractivity contribution in [1.82, 2.24) is 10.2 Å². The molecule has 1 aromatic rings. The summed E-state index contributed by atoms with van der Waals surface area (Å²) in [5.41, 5.74) is -0.749. The van der Waals surface area contributed by atoms with Gasteiger partial charge in [-0.3, -0.25) is 9.59 Å². The maximum absolute atomic E-state index is 13.0. The fourth-order valence-electron chi connectivity index (χ4n) is 2.72. The quantitative estimate of drug-likeness (QED) is 0.845. The predicted molar refractivity (Wildman–Crippen MR) is 89.7 cm³/mol. The van der Waals surface area contributed by atoms with Crippen molar-refractivity contribution < 1.29 is 33.0 Å². The molecule has 1 N–H and O–H groups in total. The van der Waals surface area contributed by atoms with Gasteiger partial charge in [0, 0.05) is 49.9 Å². The number of nitrogens with zero attached hydrogens (tertiary/aromatic N) is 2. The molecular weight excluding hydrogens is 351 g/mol.